The summed E-state index contributed by atoms with van der Waals surface area (Å²) in [5.41, 5.74) is 6.36. The van der Waals surface area contributed by atoms with Crippen LogP contribution in [0.2, 0.25) is 0 Å². The molecule has 2 aliphatic rings. The van der Waals surface area contributed by atoms with Gasteiger partial charge in [-0.25, -0.2) is 8.42 Å². The molecular formula is C28H29N5O6S3. The van der Waals surface area contributed by atoms with Gasteiger partial charge in [-0.05, 0) is 49.7 Å². The van der Waals surface area contributed by atoms with Gasteiger partial charge in [-0.1, -0.05) is 23.9 Å². The summed E-state index contributed by atoms with van der Waals surface area (Å²) in [4.78, 5) is 43.3. The van der Waals surface area contributed by atoms with Crippen molar-refractivity contribution in [1.29, 1.82) is 5.41 Å². The van der Waals surface area contributed by atoms with Crippen molar-refractivity contribution in [2.45, 2.75) is 40.5 Å². The highest BCUT2D eigenvalue weighted by Gasteiger charge is 2.43. The van der Waals surface area contributed by atoms with E-state index in [1.807, 2.05) is 24.3 Å². The Kier molecular flexibility index (Phi) is 8.30. The summed E-state index contributed by atoms with van der Waals surface area (Å²) >= 11 is 2.86. The number of carbonyl (C=O) groups is 3. The average Bonchev–Trinajstić information content (AvgIpc) is 3.63. The molecule has 1 saturated heterocycles. The van der Waals surface area contributed by atoms with Crippen molar-refractivity contribution in [3.63, 3.8) is 0 Å². The Morgan fingerprint density at radius 1 is 1.12 bits per heavy atom. The number of thiophene rings is 1. The molecule has 0 bridgehead atoms. The first-order valence-corrected chi connectivity index (χ1v) is 16.6. The molecule has 1 fully saturated rings. The van der Waals surface area contributed by atoms with Crippen molar-refractivity contribution in [3.05, 3.63) is 69.9 Å². The Hall–Kier alpha value is -3.88. The predicted molar refractivity (Wildman–Crippen MR) is 160 cm³/mol. The van der Waals surface area contributed by atoms with Crippen LogP contribution in [0.5, 0.6) is 11.5 Å². The van der Waals surface area contributed by atoms with Crippen molar-refractivity contribution >= 4 is 56.5 Å². The number of benzene rings is 2. The molecule has 0 saturated carbocycles. The van der Waals surface area contributed by atoms with Crippen molar-refractivity contribution < 1.29 is 27.5 Å². The van der Waals surface area contributed by atoms with Crippen LogP contribution in [0.3, 0.4) is 0 Å². The first kappa shape index (κ1) is 29.6. The largest absolute Gasteiger partial charge is 0.455 e. The molecule has 3 heterocycles. The summed E-state index contributed by atoms with van der Waals surface area (Å²) in [5.74, 6) is -0.457. The Bertz CT molecular complexity index is 1690. The minimum Gasteiger partial charge on any atom is -0.455 e. The molecule has 14 heteroatoms. The van der Waals surface area contributed by atoms with Gasteiger partial charge in [0.05, 0.1) is 27.6 Å². The highest BCUT2D eigenvalue weighted by molar-refractivity contribution is 7.99. The quantitative estimate of drug-likeness (QED) is 0.171. The number of sulfone groups is 1. The molecule has 0 spiro atoms. The fraction of sp³-hybridized carbons (Fsp3) is 0.286. The van der Waals surface area contributed by atoms with Crippen LogP contribution in [0.4, 0.5) is 0 Å². The molecule has 5 N–H and O–H groups in total. The molecule has 0 aliphatic carbocycles. The normalized spacial score (nSPS) is 18.3. The summed E-state index contributed by atoms with van der Waals surface area (Å²) in [6.45, 7) is 1.18. The number of nitrogens with zero attached hydrogens (tertiary/aromatic N) is 1. The Labute approximate surface area is 251 Å². The minimum atomic E-state index is -3.54. The number of nitrogen functional groups attached to an aromatic ring is 1. The monoisotopic (exact) mass is 627 g/mol. The number of nitrogens with two attached hydrogens (primary N) is 1. The molecule has 3 atom stereocenters. The molecule has 0 radical (unpaired) electrons. The molecule has 11 nitrogen and oxygen atoms in total. The van der Waals surface area contributed by atoms with Gasteiger partial charge < -0.3 is 26.0 Å². The SMILES string of the molecule is C[C@@H](NC(=O)[C@@H]1CC(S(C)(=O)=O)CN1C(=O)CNC(=O)c1ccc2c(c1)Oc1ccccc1S2)c1cc(C(=N)N)cs1. The van der Waals surface area contributed by atoms with Crippen LogP contribution in [0, 0.1) is 5.41 Å². The number of likely N-dealkylation sites (tertiary alicyclic amines) is 1. The first-order chi connectivity index (χ1) is 19.9. The average molecular weight is 628 g/mol. The van der Waals surface area contributed by atoms with E-state index in [0.29, 0.717) is 22.6 Å². The molecule has 5 rings (SSSR count). The van der Waals surface area contributed by atoms with E-state index in [-0.39, 0.29) is 18.8 Å². The van der Waals surface area contributed by atoms with Crippen LogP contribution in [0.15, 0.2) is 63.7 Å². The third-order valence-electron chi connectivity index (χ3n) is 7.10. The van der Waals surface area contributed by atoms with Gasteiger partial charge >= 0.3 is 0 Å². The standard InChI is InChI=1S/C28H29N5O6S3/c1-15(24-10-17(14-40-24)26(29)30)32-28(36)19-11-18(42(2,37)38)13-33(19)25(34)12-31-27(35)16-7-8-23-21(9-16)39-20-5-3-4-6-22(20)41-23/h3-10,14-15,18-19H,11-13H2,1-2H3,(H3,29,30)(H,31,35)(H,32,36)/t15-,18?,19+/m1/s1. The number of para-hydroxylation sites is 1. The Morgan fingerprint density at radius 3 is 2.57 bits per heavy atom. The van der Waals surface area contributed by atoms with Crippen LogP contribution >= 0.6 is 23.1 Å². The zero-order valence-corrected chi connectivity index (χ0v) is 25.2. The van der Waals surface area contributed by atoms with Crippen LogP contribution < -0.4 is 21.1 Å². The zero-order valence-electron chi connectivity index (χ0n) is 22.7. The fourth-order valence-corrected chi connectivity index (χ4v) is 7.57. The number of hydrogen-bond acceptors (Lipinski definition) is 9. The van der Waals surface area contributed by atoms with E-state index in [2.05, 4.69) is 10.6 Å². The molecule has 3 amide bonds. The molecule has 2 aliphatic heterocycles. The van der Waals surface area contributed by atoms with E-state index in [4.69, 9.17) is 15.9 Å². The number of carbonyl (C=O) groups excluding carboxylic acids is 3. The van der Waals surface area contributed by atoms with Crippen LogP contribution in [0.1, 0.15) is 40.2 Å². The van der Waals surface area contributed by atoms with Gasteiger partial charge in [0.1, 0.15) is 23.4 Å². The van der Waals surface area contributed by atoms with Gasteiger partial charge in [0.25, 0.3) is 5.91 Å². The molecule has 1 unspecified atom stereocenters. The smallest absolute Gasteiger partial charge is 0.251 e. The number of ether oxygens (including phenoxy) is 1. The van der Waals surface area contributed by atoms with Crippen LogP contribution in [-0.4, -0.2) is 67.5 Å². The Balaban J connectivity index is 1.25. The summed E-state index contributed by atoms with van der Waals surface area (Å²) in [5, 5.41) is 13.8. The number of rotatable bonds is 8. The molecule has 42 heavy (non-hydrogen) atoms. The van der Waals surface area contributed by atoms with Crippen molar-refractivity contribution in [2.75, 3.05) is 19.3 Å². The number of nitrogens with one attached hydrogen (secondary N) is 3. The maximum Gasteiger partial charge on any atom is 0.251 e. The summed E-state index contributed by atoms with van der Waals surface area (Å²) in [6.07, 6.45) is 1.02. The molecule has 220 valence electrons. The summed E-state index contributed by atoms with van der Waals surface area (Å²) in [7, 11) is -3.54. The summed E-state index contributed by atoms with van der Waals surface area (Å²) < 4.78 is 30.6. The lowest BCUT2D eigenvalue weighted by atomic mass is 10.1. The van der Waals surface area contributed by atoms with Gasteiger partial charge in [-0.2, -0.15) is 0 Å². The van der Waals surface area contributed by atoms with Crippen molar-refractivity contribution in [3.8, 4) is 11.5 Å². The lowest BCUT2D eigenvalue weighted by molar-refractivity contribution is -0.137. The first-order valence-electron chi connectivity index (χ1n) is 13.0. The van der Waals surface area contributed by atoms with Crippen LogP contribution in [-0.2, 0) is 19.4 Å². The third kappa shape index (κ3) is 6.30. The lowest BCUT2D eigenvalue weighted by Crippen LogP contribution is -2.49. The maximum absolute atomic E-state index is 13.3. The molecular weight excluding hydrogens is 599 g/mol. The zero-order chi connectivity index (χ0) is 30.2. The van der Waals surface area contributed by atoms with E-state index >= 15 is 0 Å². The van der Waals surface area contributed by atoms with E-state index in [9.17, 15) is 22.8 Å². The number of fused-ring (bicyclic) bond motifs is 2. The fourth-order valence-electron chi connectivity index (χ4n) is 4.76. The highest BCUT2D eigenvalue weighted by Crippen LogP contribution is 2.46. The topological polar surface area (TPSA) is 172 Å². The lowest BCUT2D eigenvalue weighted by Gasteiger charge is -2.25. The van der Waals surface area contributed by atoms with Crippen molar-refractivity contribution in [2.24, 2.45) is 5.73 Å². The van der Waals surface area contributed by atoms with Gasteiger partial charge in [0.2, 0.25) is 11.8 Å². The predicted octanol–water partition coefficient (Wildman–Crippen LogP) is 2.91. The van der Waals surface area contributed by atoms with Crippen molar-refractivity contribution in [1.82, 2.24) is 15.5 Å². The second-order valence-corrected chi connectivity index (χ2v) is 14.5. The summed E-state index contributed by atoms with van der Waals surface area (Å²) in [6, 6.07) is 12.8. The van der Waals surface area contributed by atoms with E-state index in [1.165, 1.54) is 28.0 Å². The maximum atomic E-state index is 13.3. The van der Waals surface area contributed by atoms with Gasteiger partial charge in [-0.3, -0.25) is 19.8 Å². The second kappa shape index (κ2) is 11.8. The van der Waals surface area contributed by atoms with Gasteiger partial charge in [0, 0.05) is 34.2 Å². The number of amides is 3. The second-order valence-electron chi connectivity index (χ2n) is 10.1. The van der Waals surface area contributed by atoms with Gasteiger partial charge in [0.15, 0.2) is 9.84 Å². The van der Waals surface area contributed by atoms with Crippen LogP contribution in [0.25, 0.3) is 0 Å². The molecule has 1 aromatic heterocycles. The van der Waals surface area contributed by atoms with E-state index < -0.39 is 51.4 Å². The highest BCUT2D eigenvalue weighted by atomic mass is 32.2. The number of amidine groups is 1. The van der Waals surface area contributed by atoms with Gasteiger partial charge in [-0.15, -0.1) is 11.3 Å². The minimum absolute atomic E-state index is 0.0541. The molecule has 3 aromatic rings. The third-order valence-corrected chi connectivity index (χ3v) is 10.9. The number of hydrogen-bond donors (Lipinski definition) is 4. The van der Waals surface area contributed by atoms with E-state index in [1.54, 1.807) is 36.6 Å². The van der Waals surface area contributed by atoms with E-state index in [0.717, 1.165) is 20.9 Å². The Morgan fingerprint density at radius 2 is 1.86 bits per heavy atom. The molecule has 2 aromatic carbocycles.